The van der Waals surface area contributed by atoms with Crippen molar-refractivity contribution in [2.24, 2.45) is 5.41 Å². The van der Waals surface area contributed by atoms with Crippen molar-refractivity contribution in [3.63, 3.8) is 0 Å². The predicted octanol–water partition coefficient (Wildman–Crippen LogP) is 4.43. The number of hydrogen-bond donors (Lipinski definition) is 3. The molecule has 0 aromatic rings. The SMILES string of the molecule is CCCCNCC1(CC)C(CCC)NC(CCC)NC1CCC. The molecule has 138 valence electrons. The first-order chi connectivity index (χ1) is 11.2. The van der Waals surface area contributed by atoms with Crippen LogP contribution in [-0.2, 0) is 0 Å². The van der Waals surface area contributed by atoms with Gasteiger partial charge in [-0.1, -0.05) is 60.3 Å². The molecule has 1 rings (SSSR count). The Hall–Kier alpha value is -0.120. The van der Waals surface area contributed by atoms with Gasteiger partial charge in [0.15, 0.2) is 0 Å². The van der Waals surface area contributed by atoms with Crippen molar-refractivity contribution in [2.45, 2.75) is 111 Å². The summed E-state index contributed by atoms with van der Waals surface area (Å²) >= 11 is 0. The molecule has 1 fully saturated rings. The van der Waals surface area contributed by atoms with E-state index in [-0.39, 0.29) is 0 Å². The van der Waals surface area contributed by atoms with Gasteiger partial charge in [-0.05, 0) is 38.6 Å². The molecule has 1 heterocycles. The van der Waals surface area contributed by atoms with Gasteiger partial charge in [0.1, 0.15) is 0 Å². The summed E-state index contributed by atoms with van der Waals surface area (Å²) in [6, 6.07) is 1.28. The fourth-order valence-electron chi connectivity index (χ4n) is 4.37. The highest BCUT2D eigenvalue weighted by atomic mass is 15.2. The normalized spacial score (nSPS) is 31.4. The van der Waals surface area contributed by atoms with Crippen LogP contribution in [0, 0.1) is 5.41 Å². The van der Waals surface area contributed by atoms with Crippen molar-refractivity contribution in [3.8, 4) is 0 Å². The maximum atomic E-state index is 3.98. The lowest BCUT2D eigenvalue weighted by atomic mass is 9.67. The van der Waals surface area contributed by atoms with Crippen LogP contribution in [0.4, 0.5) is 0 Å². The van der Waals surface area contributed by atoms with Gasteiger partial charge < -0.3 is 5.32 Å². The van der Waals surface area contributed by atoms with Gasteiger partial charge in [0.25, 0.3) is 0 Å². The van der Waals surface area contributed by atoms with Crippen molar-refractivity contribution in [1.82, 2.24) is 16.0 Å². The highest BCUT2D eigenvalue weighted by Gasteiger charge is 2.47. The second-order valence-corrected chi connectivity index (χ2v) is 7.47. The quantitative estimate of drug-likeness (QED) is 0.465. The molecule has 1 aliphatic rings. The molecule has 0 amide bonds. The van der Waals surface area contributed by atoms with E-state index in [0.717, 1.165) is 13.1 Å². The molecule has 3 nitrogen and oxygen atoms in total. The molecule has 0 bridgehead atoms. The van der Waals surface area contributed by atoms with Gasteiger partial charge in [0.2, 0.25) is 0 Å². The lowest BCUT2D eigenvalue weighted by Crippen LogP contribution is -2.71. The van der Waals surface area contributed by atoms with Gasteiger partial charge in [-0.25, -0.2) is 0 Å². The van der Waals surface area contributed by atoms with Crippen LogP contribution in [0.1, 0.15) is 92.4 Å². The molecule has 1 saturated heterocycles. The van der Waals surface area contributed by atoms with E-state index in [9.17, 15) is 0 Å². The zero-order valence-electron chi connectivity index (χ0n) is 16.5. The molecule has 0 saturated carbocycles. The molecule has 2 unspecified atom stereocenters. The van der Waals surface area contributed by atoms with Crippen molar-refractivity contribution in [1.29, 1.82) is 0 Å². The molecule has 0 spiro atoms. The summed E-state index contributed by atoms with van der Waals surface area (Å²) in [7, 11) is 0. The molecule has 3 N–H and O–H groups in total. The van der Waals surface area contributed by atoms with Gasteiger partial charge in [-0.3, -0.25) is 10.6 Å². The summed E-state index contributed by atoms with van der Waals surface area (Å²) in [4.78, 5) is 0. The van der Waals surface area contributed by atoms with Crippen molar-refractivity contribution in [3.05, 3.63) is 0 Å². The Kier molecular flexibility index (Phi) is 10.4. The lowest BCUT2D eigenvalue weighted by molar-refractivity contribution is 0.0338. The number of nitrogens with one attached hydrogen (secondary N) is 3. The predicted molar refractivity (Wildman–Crippen MR) is 103 cm³/mol. The standard InChI is InChI=1S/C20H43N3/c1-6-11-15-21-16-20(10-5)17(12-7-2)22-19(14-9-4)23-18(20)13-8-3/h17-19,21-23H,6-16H2,1-5H3. The third-order valence-electron chi connectivity index (χ3n) is 5.74. The first kappa shape index (κ1) is 20.9. The minimum absolute atomic E-state index is 0.351. The van der Waals surface area contributed by atoms with Gasteiger partial charge in [-0.15, -0.1) is 0 Å². The molecular formula is C20H43N3. The Morgan fingerprint density at radius 2 is 1.35 bits per heavy atom. The van der Waals surface area contributed by atoms with Crippen LogP contribution in [0.5, 0.6) is 0 Å². The minimum atomic E-state index is 0.351. The average Bonchev–Trinajstić information content (AvgIpc) is 2.55. The number of unbranched alkanes of at least 4 members (excludes halogenated alkanes) is 1. The maximum Gasteiger partial charge on any atom is 0.0576 e. The Balaban J connectivity index is 2.90. The van der Waals surface area contributed by atoms with Crippen LogP contribution in [0.25, 0.3) is 0 Å². The topological polar surface area (TPSA) is 36.1 Å². The first-order valence-electron chi connectivity index (χ1n) is 10.4. The monoisotopic (exact) mass is 325 g/mol. The third kappa shape index (κ3) is 5.72. The Morgan fingerprint density at radius 1 is 0.783 bits per heavy atom. The largest absolute Gasteiger partial charge is 0.316 e. The molecule has 3 heteroatoms. The summed E-state index contributed by atoms with van der Waals surface area (Å²) in [5, 5.41) is 11.7. The molecule has 1 aliphatic heterocycles. The van der Waals surface area contributed by atoms with Gasteiger partial charge in [-0.2, -0.15) is 0 Å². The van der Waals surface area contributed by atoms with Gasteiger partial charge in [0, 0.05) is 24.0 Å². The van der Waals surface area contributed by atoms with Gasteiger partial charge >= 0.3 is 0 Å². The van der Waals surface area contributed by atoms with Crippen molar-refractivity contribution < 1.29 is 0 Å². The molecule has 0 aromatic heterocycles. The van der Waals surface area contributed by atoms with Crippen LogP contribution in [0.2, 0.25) is 0 Å². The highest BCUT2D eigenvalue weighted by molar-refractivity contribution is 5.05. The van der Waals surface area contributed by atoms with E-state index >= 15 is 0 Å². The summed E-state index contributed by atoms with van der Waals surface area (Å²) < 4.78 is 0. The molecule has 2 atom stereocenters. The van der Waals surface area contributed by atoms with Crippen LogP contribution < -0.4 is 16.0 Å². The third-order valence-corrected chi connectivity index (χ3v) is 5.74. The van der Waals surface area contributed by atoms with Crippen molar-refractivity contribution >= 4 is 0 Å². The van der Waals surface area contributed by atoms with E-state index in [4.69, 9.17) is 0 Å². The zero-order chi connectivity index (χ0) is 17.1. The highest BCUT2D eigenvalue weighted by Crippen LogP contribution is 2.38. The van der Waals surface area contributed by atoms with E-state index in [2.05, 4.69) is 50.6 Å². The zero-order valence-corrected chi connectivity index (χ0v) is 16.5. The molecule has 0 aliphatic carbocycles. The second kappa shape index (κ2) is 11.4. The Bertz CT molecular complexity index is 277. The van der Waals surface area contributed by atoms with E-state index in [0.29, 0.717) is 23.7 Å². The van der Waals surface area contributed by atoms with E-state index in [1.807, 2.05) is 0 Å². The molecule has 0 aromatic carbocycles. The average molecular weight is 326 g/mol. The van der Waals surface area contributed by atoms with E-state index in [1.165, 1.54) is 57.8 Å². The minimum Gasteiger partial charge on any atom is -0.316 e. The van der Waals surface area contributed by atoms with Gasteiger partial charge in [0.05, 0.1) is 6.17 Å². The Morgan fingerprint density at radius 3 is 1.78 bits per heavy atom. The summed E-state index contributed by atoms with van der Waals surface area (Å²) in [6.07, 6.45) is 11.9. The van der Waals surface area contributed by atoms with Crippen LogP contribution in [0.15, 0.2) is 0 Å². The fourth-order valence-corrected chi connectivity index (χ4v) is 4.37. The number of hydrogen-bond acceptors (Lipinski definition) is 3. The van der Waals surface area contributed by atoms with E-state index in [1.54, 1.807) is 0 Å². The molecule has 23 heavy (non-hydrogen) atoms. The molecule has 0 radical (unpaired) electrons. The Labute approximate surface area is 145 Å². The molecular weight excluding hydrogens is 282 g/mol. The van der Waals surface area contributed by atoms with Crippen molar-refractivity contribution in [2.75, 3.05) is 13.1 Å². The fraction of sp³-hybridized carbons (Fsp3) is 1.00. The summed E-state index contributed by atoms with van der Waals surface area (Å²) in [5.74, 6) is 0. The maximum absolute atomic E-state index is 3.98. The summed E-state index contributed by atoms with van der Waals surface area (Å²) in [5.41, 5.74) is 0.351. The van der Waals surface area contributed by atoms with Crippen LogP contribution in [-0.4, -0.2) is 31.3 Å². The second-order valence-electron chi connectivity index (χ2n) is 7.47. The van der Waals surface area contributed by atoms with Crippen LogP contribution in [0.3, 0.4) is 0 Å². The smallest absolute Gasteiger partial charge is 0.0576 e. The number of rotatable bonds is 12. The lowest BCUT2D eigenvalue weighted by Gasteiger charge is -2.54. The van der Waals surface area contributed by atoms with E-state index < -0.39 is 0 Å². The first-order valence-corrected chi connectivity index (χ1v) is 10.4. The van der Waals surface area contributed by atoms with Crippen LogP contribution >= 0.6 is 0 Å². The summed E-state index contributed by atoms with van der Waals surface area (Å²) in [6.45, 7) is 13.9.